The van der Waals surface area contributed by atoms with Crippen LogP contribution in [0, 0.1) is 0 Å². The van der Waals surface area contributed by atoms with E-state index in [1.807, 2.05) is 38.8 Å². The summed E-state index contributed by atoms with van der Waals surface area (Å²) in [4.78, 5) is 29.0. The Morgan fingerprint density at radius 2 is 1.72 bits per heavy atom. The third kappa shape index (κ3) is 3.32. The van der Waals surface area contributed by atoms with Crippen molar-refractivity contribution in [3.05, 3.63) is 57.8 Å². The van der Waals surface area contributed by atoms with Gasteiger partial charge in [0.15, 0.2) is 0 Å². The van der Waals surface area contributed by atoms with Gasteiger partial charge in [-0.3, -0.25) is 9.59 Å². The Labute approximate surface area is 151 Å². The third-order valence-electron chi connectivity index (χ3n) is 5.03. The van der Waals surface area contributed by atoms with Gasteiger partial charge >= 0.3 is 0 Å². The molecule has 1 aromatic heterocycles. The molecule has 5 nitrogen and oxygen atoms in total. The van der Waals surface area contributed by atoms with Crippen LogP contribution in [0.3, 0.4) is 0 Å². The Bertz CT molecular complexity index is 767. The van der Waals surface area contributed by atoms with E-state index in [1.54, 1.807) is 0 Å². The van der Waals surface area contributed by atoms with Crippen molar-refractivity contribution in [2.24, 2.45) is 0 Å². The molecule has 130 valence electrons. The largest absolute Gasteiger partial charge is 0.338 e. The molecule has 2 amide bonds. The fraction of sp³-hybridized carbons (Fsp3) is 0.368. The van der Waals surface area contributed by atoms with Gasteiger partial charge < -0.3 is 15.1 Å². The summed E-state index contributed by atoms with van der Waals surface area (Å²) in [5.74, 6) is 0.218. The van der Waals surface area contributed by atoms with Crippen molar-refractivity contribution >= 4 is 23.2 Å². The minimum Gasteiger partial charge on any atom is -0.338 e. The van der Waals surface area contributed by atoms with Gasteiger partial charge in [-0.2, -0.15) is 11.3 Å². The number of hydrogen-bond acceptors (Lipinski definition) is 4. The summed E-state index contributed by atoms with van der Waals surface area (Å²) in [7, 11) is 0. The van der Waals surface area contributed by atoms with Gasteiger partial charge in [-0.1, -0.05) is 24.3 Å². The number of benzene rings is 1. The fourth-order valence-corrected chi connectivity index (χ4v) is 4.18. The van der Waals surface area contributed by atoms with E-state index in [9.17, 15) is 9.59 Å². The van der Waals surface area contributed by atoms with Crippen molar-refractivity contribution in [1.82, 2.24) is 15.1 Å². The predicted octanol–water partition coefficient (Wildman–Crippen LogP) is 1.75. The van der Waals surface area contributed by atoms with Crippen molar-refractivity contribution in [2.45, 2.75) is 19.0 Å². The smallest absolute Gasteiger partial charge is 0.254 e. The Morgan fingerprint density at radius 3 is 2.44 bits per heavy atom. The fourth-order valence-electron chi connectivity index (χ4n) is 3.55. The van der Waals surface area contributed by atoms with Gasteiger partial charge in [0.2, 0.25) is 5.91 Å². The minimum atomic E-state index is -0.158. The van der Waals surface area contributed by atoms with E-state index in [0.717, 1.165) is 18.5 Å². The maximum Gasteiger partial charge on any atom is 0.254 e. The van der Waals surface area contributed by atoms with E-state index in [0.29, 0.717) is 26.2 Å². The molecule has 0 aliphatic carbocycles. The van der Waals surface area contributed by atoms with Crippen LogP contribution in [0.15, 0.2) is 41.1 Å². The first-order chi connectivity index (χ1) is 12.2. The Kier molecular flexibility index (Phi) is 4.55. The summed E-state index contributed by atoms with van der Waals surface area (Å²) < 4.78 is 0. The highest BCUT2D eigenvalue weighted by Gasteiger charge is 2.31. The summed E-state index contributed by atoms with van der Waals surface area (Å²) in [6, 6.07) is 9.97. The van der Waals surface area contributed by atoms with Crippen molar-refractivity contribution in [3.8, 4) is 0 Å². The van der Waals surface area contributed by atoms with Crippen molar-refractivity contribution < 1.29 is 9.59 Å². The predicted molar refractivity (Wildman–Crippen MR) is 97.6 cm³/mol. The molecule has 2 aliphatic heterocycles. The van der Waals surface area contributed by atoms with E-state index in [4.69, 9.17) is 0 Å². The number of carbonyl (C=O) groups is 2. The monoisotopic (exact) mass is 355 g/mol. The zero-order valence-corrected chi connectivity index (χ0v) is 14.8. The van der Waals surface area contributed by atoms with Crippen LogP contribution in [0.4, 0.5) is 0 Å². The first kappa shape index (κ1) is 16.3. The molecule has 1 unspecified atom stereocenters. The van der Waals surface area contributed by atoms with E-state index in [1.165, 1.54) is 22.5 Å². The summed E-state index contributed by atoms with van der Waals surface area (Å²) in [5.41, 5.74) is 3.28. The minimum absolute atomic E-state index is 0.0677. The topological polar surface area (TPSA) is 52.7 Å². The van der Waals surface area contributed by atoms with Crippen molar-refractivity contribution in [2.75, 3.05) is 26.2 Å². The normalized spacial score (nSPS) is 20.2. The molecule has 0 spiro atoms. The van der Waals surface area contributed by atoms with E-state index in [-0.39, 0.29) is 17.9 Å². The lowest BCUT2D eigenvalue weighted by Crippen LogP contribution is -2.56. The van der Waals surface area contributed by atoms with Crippen LogP contribution in [-0.4, -0.2) is 53.8 Å². The summed E-state index contributed by atoms with van der Waals surface area (Å²) >= 11 is 1.53. The van der Waals surface area contributed by atoms with Crippen molar-refractivity contribution in [1.29, 1.82) is 0 Å². The molecule has 25 heavy (non-hydrogen) atoms. The highest BCUT2D eigenvalue weighted by atomic mass is 32.1. The molecular formula is C19H21N3O2S. The third-order valence-corrected chi connectivity index (χ3v) is 5.71. The van der Waals surface area contributed by atoms with Gasteiger partial charge in [0.25, 0.3) is 5.91 Å². The van der Waals surface area contributed by atoms with Gasteiger partial charge in [-0.25, -0.2) is 0 Å². The number of nitrogens with one attached hydrogen (secondary N) is 1. The number of rotatable bonds is 2. The molecule has 3 heterocycles. The van der Waals surface area contributed by atoms with E-state index >= 15 is 0 Å². The van der Waals surface area contributed by atoms with E-state index < -0.39 is 0 Å². The van der Waals surface area contributed by atoms with Gasteiger partial charge in [-0.15, -0.1) is 0 Å². The molecule has 1 aromatic carbocycles. The second-order valence-electron chi connectivity index (χ2n) is 6.54. The number of thiophene rings is 1. The maximum absolute atomic E-state index is 12.8. The molecule has 1 fully saturated rings. The molecule has 4 rings (SSSR count). The molecule has 0 bridgehead atoms. The van der Waals surface area contributed by atoms with Crippen molar-refractivity contribution in [3.63, 3.8) is 0 Å². The van der Waals surface area contributed by atoms with Gasteiger partial charge in [0.1, 0.15) is 0 Å². The highest BCUT2D eigenvalue weighted by molar-refractivity contribution is 7.08. The number of carbonyl (C=O) groups excluding carboxylic acids is 2. The summed E-state index contributed by atoms with van der Waals surface area (Å²) in [6.45, 7) is 3.15. The van der Waals surface area contributed by atoms with Crippen LogP contribution in [0.2, 0.25) is 0 Å². The number of fused-ring (bicyclic) bond motifs is 1. The van der Waals surface area contributed by atoms with Crippen LogP contribution in [0.1, 0.15) is 21.5 Å². The lowest BCUT2D eigenvalue weighted by atomic mass is 9.95. The second-order valence-corrected chi connectivity index (χ2v) is 7.32. The van der Waals surface area contributed by atoms with E-state index in [2.05, 4.69) is 17.4 Å². The second kappa shape index (κ2) is 6.98. The van der Waals surface area contributed by atoms with Gasteiger partial charge in [-0.05, 0) is 29.0 Å². The maximum atomic E-state index is 12.8. The number of piperazine rings is 1. The lowest BCUT2D eigenvalue weighted by molar-refractivity contribution is -0.135. The molecule has 1 saturated heterocycles. The molecule has 2 aliphatic rings. The summed E-state index contributed by atoms with van der Waals surface area (Å²) in [6.07, 6.45) is 0.739. The number of hydrogen-bond donors (Lipinski definition) is 1. The Balaban J connectivity index is 1.35. The standard InChI is InChI=1S/C19H21N3O2S/c23-18(16-5-10-25-13-16)21-6-8-22(9-7-21)19(24)17-11-14-3-1-2-4-15(14)12-20-17/h1-5,10,13,17,20H,6-9,11-12H2. The molecule has 0 saturated carbocycles. The van der Waals surface area contributed by atoms with Gasteiger partial charge in [0, 0.05) is 38.1 Å². The average Bonchev–Trinajstić information content (AvgIpc) is 3.21. The van der Waals surface area contributed by atoms with Crippen LogP contribution < -0.4 is 5.32 Å². The zero-order valence-electron chi connectivity index (χ0n) is 14.0. The van der Waals surface area contributed by atoms with Gasteiger partial charge in [0.05, 0.1) is 11.6 Å². The molecule has 0 radical (unpaired) electrons. The first-order valence-corrected chi connectivity index (χ1v) is 9.57. The molecule has 6 heteroatoms. The Hall–Kier alpha value is -2.18. The van der Waals surface area contributed by atoms with Crippen LogP contribution in [0.5, 0.6) is 0 Å². The molecular weight excluding hydrogens is 334 g/mol. The van der Waals surface area contributed by atoms with Crippen LogP contribution in [-0.2, 0) is 17.8 Å². The molecule has 1 N–H and O–H groups in total. The van der Waals surface area contributed by atoms with Crippen LogP contribution in [0.25, 0.3) is 0 Å². The van der Waals surface area contributed by atoms with Crippen LogP contribution >= 0.6 is 11.3 Å². The lowest BCUT2D eigenvalue weighted by Gasteiger charge is -2.37. The average molecular weight is 355 g/mol. The number of nitrogens with zero attached hydrogens (tertiary/aromatic N) is 2. The number of amides is 2. The first-order valence-electron chi connectivity index (χ1n) is 8.63. The zero-order chi connectivity index (χ0) is 17.2. The quantitative estimate of drug-likeness (QED) is 0.893. The molecule has 1 atom stereocenters. The highest BCUT2D eigenvalue weighted by Crippen LogP contribution is 2.18. The SMILES string of the molecule is O=C(c1ccsc1)N1CCN(C(=O)C2Cc3ccccc3CN2)CC1. The molecule has 2 aromatic rings. The Morgan fingerprint density at radius 1 is 1.00 bits per heavy atom. The summed E-state index contributed by atoms with van der Waals surface area (Å²) in [5, 5.41) is 7.15.